The maximum Gasteiger partial charge on any atom is 0.189 e. The van der Waals surface area contributed by atoms with E-state index < -0.39 is 5.79 Å². The summed E-state index contributed by atoms with van der Waals surface area (Å²) in [5, 5.41) is 18.8. The summed E-state index contributed by atoms with van der Waals surface area (Å²) in [6, 6.07) is 9.14. The number of Topliss-reactive ketones (excluding diaryl/α,β-unsaturated/α-hetero) is 1. The third kappa shape index (κ3) is 3.53. The molecule has 0 bridgehead atoms. The van der Waals surface area contributed by atoms with E-state index in [1.54, 1.807) is 30.4 Å². The second-order valence-electron chi connectivity index (χ2n) is 4.84. The van der Waals surface area contributed by atoms with Crippen LogP contribution in [0.3, 0.4) is 0 Å². The zero-order chi connectivity index (χ0) is 14.6. The Balaban J connectivity index is 2.21. The Hall–Kier alpha value is -1.97. The number of rotatable bonds is 4. The number of hydrogen-bond acceptors (Lipinski definition) is 3. The molecule has 0 unspecified atom stereocenters. The number of ketones is 1. The molecule has 1 aliphatic carbocycles. The second kappa shape index (κ2) is 5.99. The van der Waals surface area contributed by atoms with Gasteiger partial charge in [-0.05, 0) is 24.1 Å². The van der Waals surface area contributed by atoms with Crippen LogP contribution < -0.4 is 0 Å². The van der Waals surface area contributed by atoms with Gasteiger partial charge in [-0.2, -0.15) is 0 Å². The predicted octanol–water partition coefficient (Wildman–Crippen LogP) is 2.77. The van der Waals surface area contributed by atoms with E-state index in [0.717, 1.165) is 5.57 Å². The Labute approximate surface area is 118 Å². The van der Waals surface area contributed by atoms with Crippen molar-refractivity contribution in [3.8, 4) is 0 Å². The van der Waals surface area contributed by atoms with Gasteiger partial charge in [-0.15, -0.1) is 0 Å². The highest BCUT2D eigenvalue weighted by Crippen LogP contribution is 2.21. The summed E-state index contributed by atoms with van der Waals surface area (Å²) < 4.78 is 0. The third-order valence-corrected chi connectivity index (χ3v) is 3.23. The second-order valence-corrected chi connectivity index (χ2v) is 4.84. The fourth-order valence-electron chi connectivity index (χ4n) is 2.05. The number of aliphatic hydroxyl groups is 2. The van der Waals surface area contributed by atoms with Gasteiger partial charge in [-0.1, -0.05) is 49.4 Å². The molecule has 1 aliphatic rings. The number of carbonyl (C=O) groups excluding carboxylic acids is 1. The first-order chi connectivity index (χ1) is 9.52. The van der Waals surface area contributed by atoms with Gasteiger partial charge in [0, 0.05) is 17.6 Å². The maximum atomic E-state index is 12.4. The van der Waals surface area contributed by atoms with Crippen molar-refractivity contribution in [2.24, 2.45) is 0 Å². The number of benzene rings is 1. The van der Waals surface area contributed by atoms with Crippen LogP contribution in [-0.2, 0) is 0 Å². The first kappa shape index (κ1) is 14.4. The van der Waals surface area contributed by atoms with Crippen molar-refractivity contribution in [2.75, 3.05) is 0 Å². The topological polar surface area (TPSA) is 57.5 Å². The lowest BCUT2D eigenvalue weighted by Crippen LogP contribution is -2.25. The minimum Gasteiger partial charge on any atom is -0.362 e. The summed E-state index contributed by atoms with van der Waals surface area (Å²) in [6.45, 7) is 1.93. The molecular formula is C17H18O3. The molecular weight excluding hydrogens is 252 g/mol. The van der Waals surface area contributed by atoms with Gasteiger partial charge < -0.3 is 10.2 Å². The quantitative estimate of drug-likeness (QED) is 0.502. The monoisotopic (exact) mass is 270 g/mol. The lowest BCUT2D eigenvalue weighted by atomic mass is 9.96. The van der Waals surface area contributed by atoms with Crippen molar-refractivity contribution >= 4 is 5.78 Å². The van der Waals surface area contributed by atoms with E-state index in [1.807, 2.05) is 25.1 Å². The largest absolute Gasteiger partial charge is 0.362 e. The van der Waals surface area contributed by atoms with Crippen LogP contribution in [0.1, 0.15) is 30.1 Å². The zero-order valence-electron chi connectivity index (χ0n) is 11.4. The molecule has 0 amide bonds. The van der Waals surface area contributed by atoms with Crippen LogP contribution in [0.15, 0.2) is 65.8 Å². The molecule has 3 nitrogen and oxygen atoms in total. The maximum absolute atomic E-state index is 12.4. The zero-order valence-corrected chi connectivity index (χ0v) is 11.4. The van der Waals surface area contributed by atoms with Gasteiger partial charge in [-0.25, -0.2) is 0 Å². The Morgan fingerprint density at radius 3 is 2.55 bits per heavy atom. The Morgan fingerprint density at radius 2 is 2.00 bits per heavy atom. The van der Waals surface area contributed by atoms with Crippen LogP contribution in [0.2, 0.25) is 0 Å². The molecule has 0 heterocycles. The molecule has 1 aromatic carbocycles. The summed E-state index contributed by atoms with van der Waals surface area (Å²) >= 11 is 0. The van der Waals surface area contributed by atoms with Crippen molar-refractivity contribution in [3.63, 3.8) is 0 Å². The highest BCUT2D eigenvalue weighted by atomic mass is 16.5. The summed E-state index contributed by atoms with van der Waals surface area (Å²) in [5.41, 5.74) is 2.19. The van der Waals surface area contributed by atoms with E-state index in [-0.39, 0.29) is 12.2 Å². The molecule has 0 spiro atoms. The summed E-state index contributed by atoms with van der Waals surface area (Å²) in [7, 11) is 0. The van der Waals surface area contributed by atoms with Gasteiger partial charge in [0.05, 0.1) is 0 Å². The van der Waals surface area contributed by atoms with Crippen LogP contribution in [-0.4, -0.2) is 21.8 Å². The molecule has 0 saturated carbocycles. The van der Waals surface area contributed by atoms with Gasteiger partial charge in [0.15, 0.2) is 11.6 Å². The molecule has 0 aromatic heterocycles. The lowest BCUT2D eigenvalue weighted by molar-refractivity contribution is -0.115. The molecule has 0 saturated heterocycles. The highest BCUT2D eigenvalue weighted by Gasteiger charge is 2.20. The van der Waals surface area contributed by atoms with Crippen LogP contribution in [0, 0.1) is 0 Å². The number of carbonyl (C=O) groups is 1. The SMILES string of the molecule is CCC(=CC1=CCC(O)(O)C=C1)C(=O)c1ccccc1. The molecule has 0 fully saturated rings. The first-order valence-corrected chi connectivity index (χ1v) is 6.66. The average molecular weight is 270 g/mol. The molecule has 20 heavy (non-hydrogen) atoms. The molecule has 0 atom stereocenters. The van der Waals surface area contributed by atoms with Crippen LogP contribution >= 0.6 is 0 Å². The number of hydrogen-bond donors (Lipinski definition) is 2. The van der Waals surface area contributed by atoms with E-state index in [0.29, 0.717) is 17.6 Å². The van der Waals surface area contributed by atoms with Gasteiger partial charge in [0.2, 0.25) is 0 Å². The normalized spacial score (nSPS) is 17.8. The summed E-state index contributed by atoms with van der Waals surface area (Å²) in [5.74, 6) is -1.76. The Morgan fingerprint density at radius 1 is 1.30 bits per heavy atom. The molecule has 0 radical (unpaired) electrons. The van der Waals surface area contributed by atoms with Crippen molar-refractivity contribution in [2.45, 2.75) is 25.6 Å². The molecule has 0 aliphatic heterocycles. The average Bonchev–Trinajstić information content (AvgIpc) is 2.46. The predicted molar refractivity (Wildman–Crippen MR) is 78.2 cm³/mol. The fourth-order valence-corrected chi connectivity index (χ4v) is 2.05. The highest BCUT2D eigenvalue weighted by molar-refractivity contribution is 6.08. The third-order valence-electron chi connectivity index (χ3n) is 3.23. The minimum absolute atomic E-state index is 0.00670. The fraction of sp³-hybridized carbons (Fsp3) is 0.235. The van der Waals surface area contributed by atoms with Crippen molar-refractivity contribution in [1.82, 2.24) is 0 Å². The lowest BCUT2D eigenvalue weighted by Gasteiger charge is -2.19. The molecule has 104 valence electrons. The minimum atomic E-state index is -1.77. The molecule has 1 aromatic rings. The van der Waals surface area contributed by atoms with E-state index in [1.165, 1.54) is 6.08 Å². The molecule has 2 N–H and O–H groups in total. The number of allylic oxidation sites excluding steroid dienone is 4. The van der Waals surface area contributed by atoms with E-state index in [2.05, 4.69) is 0 Å². The van der Waals surface area contributed by atoms with Gasteiger partial charge in [-0.3, -0.25) is 4.79 Å². The van der Waals surface area contributed by atoms with Crippen molar-refractivity contribution in [1.29, 1.82) is 0 Å². The van der Waals surface area contributed by atoms with Crippen LogP contribution in [0.4, 0.5) is 0 Å². The van der Waals surface area contributed by atoms with Gasteiger partial charge in [0.25, 0.3) is 0 Å². The Bertz CT molecular complexity index is 578. The van der Waals surface area contributed by atoms with Gasteiger partial charge >= 0.3 is 0 Å². The Kier molecular flexibility index (Phi) is 4.32. The van der Waals surface area contributed by atoms with Gasteiger partial charge in [0.1, 0.15) is 0 Å². The van der Waals surface area contributed by atoms with Crippen LogP contribution in [0.5, 0.6) is 0 Å². The smallest absolute Gasteiger partial charge is 0.189 e. The first-order valence-electron chi connectivity index (χ1n) is 6.66. The van der Waals surface area contributed by atoms with E-state index in [9.17, 15) is 15.0 Å². The molecule has 2 rings (SSSR count). The van der Waals surface area contributed by atoms with Crippen molar-refractivity contribution < 1.29 is 15.0 Å². The molecule has 3 heteroatoms. The summed E-state index contributed by atoms with van der Waals surface area (Å²) in [4.78, 5) is 12.4. The van der Waals surface area contributed by atoms with Crippen molar-refractivity contribution in [3.05, 3.63) is 71.3 Å². The summed E-state index contributed by atoms with van der Waals surface area (Å²) in [6.07, 6.45) is 7.24. The van der Waals surface area contributed by atoms with Crippen LogP contribution in [0.25, 0.3) is 0 Å². The van der Waals surface area contributed by atoms with E-state index >= 15 is 0 Å². The standard InChI is InChI=1S/C17H18O3/c1-2-14(16(18)15-6-4-3-5-7-15)12-13-8-10-17(19,20)11-9-13/h3-10,12,19-20H,2,11H2,1H3. The van der Waals surface area contributed by atoms with E-state index in [4.69, 9.17) is 0 Å².